The summed E-state index contributed by atoms with van der Waals surface area (Å²) < 4.78 is 10.9. The number of thiophene rings is 1. The second kappa shape index (κ2) is 8.42. The summed E-state index contributed by atoms with van der Waals surface area (Å²) in [6.45, 7) is 4.60. The summed E-state index contributed by atoms with van der Waals surface area (Å²) >= 11 is 7.38. The molecular formula is C23H22ClN3O3S. The summed E-state index contributed by atoms with van der Waals surface area (Å²) in [5, 5.41) is 3.17. The fraction of sp³-hybridized carbons (Fsp3) is 0.261. The average molecular weight is 456 g/mol. The van der Waals surface area contributed by atoms with E-state index in [9.17, 15) is 4.79 Å². The molecule has 2 N–H and O–H groups in total. The Morgan fingerprint density at radius 1 is 1.03 bits per heavy atom. The number of benzene rings is 2. The molecule has 6 nitrogen and oxygen atoms in total. The van der Waals surface area contributed by atoms with Crippen LogP contribution in [0, 0.1) is 0 Å². The third-order valence-corrected chi connectivity index (χ3v) is 6.83. The number of nitrogens with two attached hydrogens (primary N) is 1. The first-order valence-electron chi connectivity index (χ1n) is 10.1. The predicted molar refractivity (Wildman–Crippen MR) is 124 cm³/mol. The largest absolute Gasteiger partial charge is 0.454 e. The van der Waals surface area contributed by atoms with Gasteiger partial charge in [-0.3, -0.25) is 9.69 Å². The van der Waals surface area contributed by atoms with Crippen LogP contribution in [0.15, 0.2) is 47.8 Å². The van der Waals surface area contributed by atoms with E-state index in [-0.39, 0.29) is 12.6 Å². The van der Waals surface area contributed by atoms with Crippen LogP contribution >= 0.6 is 22.9 Å². The molecule has 3 aromatic rings. The van der Waals surface area contributed by atoms with Gasteiger partial charge in [0, 0.05) is 55.1 Å². The number of fused-ring (bicyclic) bond motifs is 1. The maximum atomic E-state index is 13.1. The summed E-state index contributed by atoms with van der Waals surface area (Å²) in [6.07, 6.45) is 0. The highest BCUT2D eigenvalue weighted by Crippen LogP contribution is 2.36. The lowest BCUT2D eigenvalue weighted by Crippen LogP contribution is -2.46. The summed E-state index contributed by atoms with van der Waals surface area (Å²) in [4.78, 5) is 17.8. The fourth-order valence-corrected chi connectivity index (χ4v) is 4.95. The Kier molecular flexibility index (Phi) is 5.48. The van der Waals surface area contributed by atoms with E-state index in [4.69, 9.17) is 26.8 Å². The van der Waals surface area contributed by atoms with Crippen LogP contribution in [0.5, 0.6) is 11.5 Å². The highest BCUT2D eigenvalue weighted by atomic mass is 35.5. The van der Waals surface area contributed by atoms with Crippen LogP contribution in [0.2, 0.25) is 5.02 Å². The van der Waals surface area contributed by atoms with Crippen LogP contribution < -0.4 is 20.1 Å². The zero-order valence-corrected chi connectivity index (χ0v) is 18.4. The number of carbonyl (C=O) groups is 1. The number of carbonyl (C=O) groups excluding carboxylic acids is 1. The van der Waals surface area contributed by atoms with Crippen molar-refractivity contribution in [2.75, 3.05) is 43.6 Å². The number of nitrogens with zero attached hydrogens (tertiary/aromatic N) is 2. The lowest BCUT2D eigenvalue weighted by atomic mass is 10.0. The third-order valence-electron chi connectivity index (χ3n) is 5.72. The number of nitrogen functional groups attached to an aromatic ring is 1. The zero-order valence-electron chi connectivity index (χ0n) is 16.8. The highest BCUT2D eigenvalue weighted by molar-refractivity contribution is 7.14. The minimum Gasteiger partial charge on any atom is -0.454 e. The van der Waals surface area contributed by atoms with Gasteiger partial charge in [-0.15, -0.1) is 11.3 Å². The Bertz CT molecular complexity index is 1110. The molecule has 0 amide bonds. The monoisotopic (exact) mass is 455 g/mol. The number of ketones is 1. The third kappa shape index (κ3) is 4.08. The molecule has 8 heteroatoms. The molecule has 2 aliphatic rings. The van der Waals surface area contributed by atoms with E-state index in [1.54, 1.807) is 24.3 Å². The van der Waals surface area contributed by atoms with Crippen LogP contribution in [-0.4, -0.2) is 43.7 Å². The van der Waals surface area contributed by atoms with Crippen molar-refractivity contribution in [3.63, 3.8) is 0 Å². The molecule has 1 fully saturated rings. The van der Waals surface area contributed by atoms with Gasteiger partial charge in [-0.1, -0.05) is 11.6 Å². The Morgan fingerprint density at radius 3 is 2.55 bits per heavy atom. The standard InChI is InChI=1S/C23H22ClN3O3S/c24-17-3-1-15(2-4-17)22(28)21-16(13-31-23(21)25)12-26-7-9-27(10-8-26)18-5-6-19-20(11-18)30-14-29-19/h1-6,11,13H,7-10,12,14,25H2. The number of hydrogen-bond donors (Lipinski definition) is 1. The van der Waals surface area contributed by atoms with Gasteiger partial charge in [0.25, 0.3) is 0 Å². The molecule has 2 aliphatic heterocycles. The number of halogens is 1. The van der Waals surface area contributed by atoms with Gasteiger partial charge >= 0.3 is 0 Å². The van der Waals surface area contributed by atoms with E-state index in [1.807, 2.05) is 17.5 Å². The molecule has 0 unspecified atom stereocenters. The Morgan fingerprint density at radius 2 is 1.77 bits per heavy atom. The molecular weight excluding hydrogens is 434 g/mol. The summed E-state index contributed by atoms with van der Waals surface area (Å²) in [7, 11) is 0. The molecule has 0 saturated carbocycles. The lowest BCUT2D eigenvalue weighted by molar-refractivity contribution is 0.103. The normalized spacial score (nSPS) is 16.0. The van der Waals surface area contributed by atoms with E-state index >= 15 is 0 Å². The van der Waals surface area contributed by atoms with Crippen LogP contribution in [0.3, 0.4) is 0 Å². The van der Waals surface area contributed by atoms with Gasteiger partial charge in [0.15, 0.2) is 17.3 Å². The molecule has 0 bridgehead atoms. The molecule has 3 heterocycles. The maximum absolute atomic E-state index is 13.1. The number of hydrogen-bond acceptors (Lipinski definition) is 7. The Labute approximate surface area is 189 Å². The van der Waals surface area contributed by atoms with Crippen molar-refractivity contribution in [3.8, 4) is 11.5 Å². The topological polar surface area (TPSA) is 68.0 Å². The van der Waals surface area contributed by atoms with Crippen molar-refractivity contribution in [2.45, 2.75) is 6.54 Å². The second-order valence-corrected chi connectivity index (χ2v) is 8.98. The van der Waals surface area contributed by atoms with E-state index in [1.165, 1.54) is 11.3 Å². The predicted octanol–water partition coefficient (Wildman–Crippen LogP) is 4.27. The Balaban J connectivity index is 1.26. The molecule has 0 atom stereocenters. The summed E-state index contributed by atoms with van der Waals surface area (Å²) in [5.41, 5.74) is 9.52. The van der Waals surface area contributed by atoms with Crippen molar-refractivity contribution in [1.29, 1.82) is 0 Å². The Hall–Kier alpha value is -2.74. The summed E-state index contributed by atoms with van der Waals surface area (Å²) in [6, 6.07) is 13.0. The van der Waals surface area contributed by atoms with Crippen LogP contribution in [-0.2, 0) is 6.54 Å². The number of ether oxygens (including phenoxy) is 2. The minimum atomic E-state index is -0.0515. The van der Waals surface area contributed by atoms with Crippen molar-refractivity contribution in [3.05, 3.63) is 69.6 Å². The SMILES string of the molecule is Nc1scc(CN2CCN(c3ccc4c(c3)OCO4)CC2)c1C(=O)c1ccc(Cl)cc1. The molecule has 160 valence electrons. The first kappa shape index (κ1) is 20.2. The smallest absolute Gasteiger partial charge is 0.231 e. The molecule has 0 radical (unpaired) electrons. The molecule has 0 aliphatic carbocycles. The van der Waals surface area contributed by atoms with E-state index in [0.29, 0.717) is 27.7 Å². The van der Waals surface area contributed by atoms with Gasteiger partial charge < -0.3 is 20.1 Å². The van der Waals surface area contributed by atoms with Gasteiger partial charge in [0.1, 0.15) is 0 Å². The van der Waals surface area contributed by atoms with Crippen LogP contribution in [0.25, 0.3) is 0 Å². The molecule has 5 rings (SSSR count). The molecule has 1 aromatic heterocycles. The van der Waals surface area contributed by atoms with Crippen LogP contribution in [0.4, 0.5) is 10.7 Å². The van der Waals surface area contributed by atoms with Gasteiger partial charge in [-0.2, -0.15) is 0 Å². The first-order valence-corrected chi connectivity index (χ1v) is 11.4. The molecule has 2 aromatic carbocycles. The van der Waals surface area contributed by atoms with E-state index in [2.05, 4.69) is 15.9 Å². The van der Waals surface area contributed by atoms with Crippen molar-refractivity contribution in [2.24, 2.45) is 0 Å². The molecule has 1 saturated heterocycles. The number of anilines is 2. The second-order valence-electron chi connectivity index (χ2n) is 7.64. The average Bonchev–Trinajstić information content (AvgIpc) is 3.40. The van der Waals surface area contributed by atoms with E-state index < -0.39 is 0 Å². The zero-order chi connectivity index (χ0) is 21.4. The van der Waals surface area contributed by atoms with Gasteiger partial charge in [-0.05, 0) is 47.3 Å². The van der Waals surface area contributed by atoms with Crippen molar-refractivity contribution >= 4 is 39.4 Å². The highest BCUT2D eigenvalue weighted by Gasteiger charge is 2.24. The van der Waals surface area contributed by atoms with Gasteiger partial charge in [0.2, 0.25) is 6.79 Å². The lowest BCUT2D eigenvalue weighted by Gasteiger charge is -2.36. The quantitative estimate of drug-likeness (QED) is 0.579. The first-order chi connectivity index (χ1) is 15.1. The van der Waals surface area contributed by atoms with E-state index in [0.717, 1.165) is 48.9 Å². The molecule has 31 heavy (non-hydrogen) atoms. The van der Waals surface area contributed by atoms with Gasteiger partial charge in [-0.25, -0.2) is 0 Å². The van der Waals surface area contributed by atoms with Gasteiger partial charge in [0.05, 0.1) is 10.6 Å². The minimum absolute atomic E-state index is 0.0515. The van der Waals surface area contributed by atoms with Crippen molar-refractivity contribution < 1.29 is 14.3 Å². The number of rotatable bonds is 5. The number of piperazine rings is 1. The fourth-order valence-electron chi connectivity index (χ4n) is 4.02. The summed E-state index contributed by atoms with van der Waals surface area (Å²) in [5.74, 6) is 1.55. The van der Waals surface area contributed by atoms with Crippen molar-refractivity contribution in [1.82, 2.24) is 4.90 Å². The molecule has 0 spiro atoms. The van der Waals surface area contributed by atoms with Crippen LogP contribution in [0.1, 0.15) is 21.5 Å². The maximum Gasteiger partial charge on any atom is 0.231 e.